The normalized spacial score (nSPS) is 15.4. The van der Waals surface area contributed by atoms with Gasteiger partial charge in [0.25, 0.3) is 5.89 Å². The van der Waals surface area contributed by atoms with Crippen molar-refractivity contribution in [3.8, 4) is 0 Å². The average molecular weight is 363 g/mol. The summed E-state index contributed by atoms with van der Waals surface area (Å²) in [6, 6.07) is 2.81. The smallest absolute Gasteiger partial charge is 0.410 e. The van der Waals surface area contributed by atoms with Gasteiger partial charge in [0.05, 0.1) is 5.69 Å². The van der Waals surface area contributed by atoms with E-state index < -0.39 is 11.4 Å². The lowest BCUT2D eigenvalue weighted by molar-refractivity contribution is 0.0240. The number of carbonyl (C=O) groups is 2. The molecule has 1 aromatic carbocycles. The van der Waals surface area contributed by atoms with E-state index in [2.05, 4.69) is 4.98 Å². The number of fused-ring (bicyclic) bond motifs is 1. The number of hydrogen-bond acceptors (Lipinski definition) is 6. The SMILES string of the molecule is CC(=O)c1nc2cc(F)c(N3CCN(C(=O)OC(C)(C)C)CC3)cc2o1. The lowest BCUT2D eigenvalue weighted by Crippen LogP contribution is -2.50. The van der Waals surface area contributed by atoms with Gasteiger partial charge in [-0.25, -0.2) is 14.2 Å². The van der Waals surface area contributed by atoms with E-state index in [0.29, 0.717) is 43.0 Å². The summed E-state index contributed by atoms with van der Waals surface area (Å²) >= 11 is 0. The van der Waals surface area contributed by atoms with Crippen LogP contribution in [-0.4, -0.2) is 53.5 Å². The minimum Gasteiger partial charge on any atom is -0.444 e. The van der Waals surface area contributed by atoms with Crippen LogP contribution in [-0.2, 0) is 4.74 Å². The second kappa shape index (κ2) is 6.59. The number of ether oxygens (including phenoxy) is 1. The maximum Gasteiger partial charge on any atom is 0.410 e. The van der Waals surface area contributed by atoms with Crippen molar-refractivity contribution in [1.29, 1.82) is 0 Å². The minimum atomic E-state index is -0.550. The summed E-state index contributed by atoms with van der Waals surface area (Å²) in [4.78, 5) is 30.9. The van der Waals surface area contributed by atoms with Crippen LogP contribution < -0.4 is 4.90 Å². The quantitative estimate of drug-likeness (QED) is 0.763. The molecule has 1 aliphatic heterocycles. The molecule has 1 saturated heterocycles. The van der Waals surface area contributed by atoms with Crippen molar-refractivity contribution in [2.45, 2.75) is 33.3 Å². The van der Waals surface area contributed by atoms with Gasteiger partial charge in [-0.1, -0.05) is 0 Å². The third kappa shape index (κ3) is 3.79. The fraction of sp³-hybridized carbons (Fsp3) is 0.500. The van der Waals surface area contributed by atoms with Crippen LogP contribution in [0.15, 0.2) is 16.5 Å². The zero-order valence-corrected chi connectivity index (χ0v) is 15.3. The van der Waals surface area contributed by atoms with Crippen molar-refractivity contribution in [3.63, 3.8) is 0 Å². The van der Waals surface area contributed by atoms with Crippen molar-refractivity contribution < 1.29 is 23.1 Å². The Bertz CT molecular complexity index is 848. The van der Waals surface area contributed by atoms with E-state index in [1.807, 2.05) is 25.7 Å². The number of benzene rings is 1. The maximum absolute atomic E-state index is 14.5. The van der Waals surface area contributed by atoms with Crippen molar-refractivity contribution in [1.82, 2.24) is 9.88 Å². The van der Waals surface area contributed by atoms with E-state index in [1.165, 1.54) is 13.0 Å². The highest BCUT2D eigenvalue weighted by Gasteiger charge is 2.27. The molecule has 140 valence electrons. The van der Waals surface area contributed by atoms with Gasteiger partial charge in [-0.3, -0.25) is 4.79 Å². The summed E-state index contributed by atoms with van der Waals surface area (Å²) in [7, 11) is 0. The number of piperazine rings is 1. The van der Waals surface area contributed by atoms with E-state index >= 15 is 0 Å². The van der Waals surface area contributed by atoms with Crippen LogP contribution in [0.25, 0.3) is 11.1 Å². The molecule has 1 amide bonds. The number of halogens is 1. The van der Waals surface area contributed by atoms with Crippen LogP contribution in [0.1, 0.15) is 38.4 Å². The van der Waals surface area contributed by atoms with E-state index in [0.717, 1.165) is 0 Å². The van der Waals surface area contributed by atoms with Crippen molar-refractivity contribution >= 4 is 28.7 Å². The number of amides is 1. The first-order valence-corrected chi connectivity index (χ1v) is 8.48. The number of aromatic nitrogens is 1. The van der Waals surface area contributed by atoms with E-state index in [-0.39, 0.29) is 17.8 Å². The average Bonchev–Trinajstić information content (AvgIpc) is 2.96. The molecule has 2 aromatic rings. The minimum absolute atomic E-state index is 0.0358. The number of oxazole rings is 1. The van der Waals surface area contributed by atoms with Crippen molar-refractivity contribution in [3.05, 3.63) is 23.8 Å². The Kier molecular flexibility index (Phi) is 4.60. The van der Waals surface area contributed by atoms with Gasteiger partial charge >= 0.3 is 6.09 Å². The summed E-state index contributed by atoms with van der Waals surface area (Å²) in [5.74, 6) is -0.785. The zero-order valence-electron chi connectivity index (χ0n) is 15.3. The molecule has 1 aromatic heterocycles. The molecule has 1 aliphatic rings. The molecular weight excluding hydrogens is 341 g/mol. The highest BCUT2D eigenvalue weighted by atomic mass is 19.1. The third-order valence-electron chi connectivity index (χ3n) is 4.03. The first kappa shape index (κ1) is 18.2. The molecule has 3 rings (SSSR count). The number of rotatable bonds is 2. The van der Waals surface area contributed by atoms with Gasteiger partial charge in [0.15, 0.2) is 5.58 Å². The van der Waals surface area contributed by atoms with E-state index in [1.54, 1.807) is 11.0 Å². The molecule has 0 spiro atoms. The zero-order chi connectivity index (χ0) is 19.1. The Morgan fingerprint density at radius 3 is 2.42 bits per heavy atom. The fourth-order valence-electron chi connectivity index (χ4n) is 2.79. The molecule has 8 heteroatoms. The van der Waals surface area contributed by atoms with Crippen LogP contribution in [0.4, 0.5) is 14.9 Å². The highest BCUT2D eigenvalue weighted by molar-refractivity contribution is 5.92. The van der Waals surface area contributed by atoms with Crippen LogP contribution in [0.3, 0.4) is 0 Å². The predicted molar refractivity (Wildman–Crippen MR) is 94.0 cm³/mol. The fourth-order valence-corrected chi connectivity index (χ4v) is 2.79. The van der Waals surface area contributed by atoms with Crippen LogP contribution in [0.5, 0.6) is 0 Å². The second-order valence-electron chi connectivity index (χ2n) is 7.30. The number of nitrogens with zero attached hydrogens (tertiary/aromatic N) is 3. The first-order valence-electron chi connectivity index (χ1n) is 8.48. The van der Waals surface area contributed by atoms with Gasteiger partial charge in [0.2, 0.25) is 5.78 Å². The van der Waals surface area contributed by atoms with Gasteiger partial charge in [-0.15, -0.1) is 0 Å². The summed E-state index contributed by atoms with van der Waals surface area (Å²) in [6.45, 7) is 8.60. The summed E-state index contributed by atoms with van der Waals surface area (Å²) in [5, 5.41) is 0. The lowest BCUT2D eigenvalue weighted by atomic mass is 10.2. The Hall–Kier alpha value is -2.64. The summed E-state index contributed by atoms with van der Waals surface area (Å²) < 4.78 is 25.2. The second-order valence-corrected chi connectivity index (χ2v) is 7.30. The standard InChI is InChI=1S/C18H22FN3O4/c1-11(23)16-20-13-9-12(19)14(10-15(13)25-16)21-5-7-22(8-6-21)17(24)26-18(2,3)4/h9-10H,5-8H2,1-4H3. The Morgan fingerprint density at radius 1 is 1.19 bits per heavy atom. The Balaban J connectivity index is 1.74. The van der Waals surface area contributed by atoms with E-state index in [4.69, 9.17) is 9.15 Å². The Morgan fingerprint density at radius 2 is 1.85 bits per heavy atom. The molecular formula is C18H22FN3O4. The predicted octanol–water partition coefficient (Wildman–Crippen LogP) is 3.23. The van der Waals surface area contributed by atoms with Gasteiger partial charge in [0, 0.05) is 45.2 Å². The molecule has 2 heterocycles. The third-order valence-corrected chi connectivity index (χ3v) is 4.03. The van der Waals surface area contributed by atoms with Crippen molar-refractivity contribution in [2.24, 2.45) is 0 Å². The number of anilines is 1. The van der Waals surface area contributed by atoms with Gasteiger partial charge in [0.1, 0.15) is 16.9 Å². The molecule has 0 saturated carbocycles. The van der Waals surface area contributed by atoms with Gasteiger partial charge < -0.3 is 19.0 Å². The van der Waals surface area contributed by atoms with Gasteiger partial charge in [-0.05, 0) is 20.8 Å². The molecule has 0 unspecified atom stereocenters. The molecule has 0 radical (unpaired) electrons. The summed E-state index contributed by atoms with van der Waals surface area (Å²) in [5.41, 5.74) is 0.490. The molecule has 0 N–H and O–H groups in total. The summed E-state index contributed by atoms with van der Waals surface area (Å²) in [6.07, 6.45) is -0.366. The van der Waals surface area contributed by atoms with Gasteiger partial charge in [-0.2, -0.15) is 0 Å². The topological polar surface area (TPSA) is 75.9 Å². The molecule has 26 heavy (non-hydrogen) atoms. The molecule has 1 fully saturated rings. The number of Topliss-reactive ketones (excluding diaryl/α,β-unsaturated/α-hetero) is 1. The number of carbonyl (C=O) groups excluding carboxylic acids is 2. The Labute approximate surface area is 150 Å². The first-order chi connectivity index (χ1) is 12.1. The van der Waals surface area contributed by atoms with Crippen LogP contribution >= 0.6 is 0 Å². The van der Waals surface area contributed by atoms with Crippen LogP contribution in [0.2, 0.25) is 0 Å². The number of hydrogen-bond donors (Lipinski definition) is 0. The van der Waals surface area contributed by atoms with E-state index in [9.17, 15) is 14.0 Å². The van der Waals surface area contributed by atoms with Crippen LogP contribution in [0, 0.1) is 5.82 Å². The molecule has 7 nitrogen and oxygen atoms in total. The van der Waals surface area contributed by atoms with Crippen molar-refractivity contribution in [2.75, 3.05) is 31.1 Å². The molecule has 0 bridgehead atoms. The molecule has 0 aliphatic carbocycles. The largest absolute Gasteiger partial charge is 0.444 e. The highest BCUT2D eigenvalue weighted by Crippen LogP contribution is 2.28. The lowest BCUT2D eigenvalue weighted by Gasteiger charge is -2.36. The monoisotopic (exact) mass is 363 g/mol. The maximum atomic E-state index is 14.5. The number of ketones is 1. The molecule has 0 atom stereocenters.